The summed E-state index contributed by atoms with van der Waals surface area (Å²) in [4.78, 5) is 26.4. The van der Waals surface area contributed by atoms with Crippen molar-refractivity contribution in [2.24, 2.45) is 0 Å². The molecule has 0 unspecified atom stereocenters. The fourth-order valence-corrected chi connectivity index (χ4v) is 2.97. The first-order valence-corrected chi connectivity index (χ1v) is 8.48. The van der Waals surface area contributed by atoms with Crippen molar-refractivity contribution in [2.45, 2.75) is 19.3 Å². The minimum absolute atomic E-state index is 0.0618. The lowest BCUT2D eigenvalue weighted by atomic mass is 10.1. The van der Waals surface area contributed by atoms with Crippen LogP contribution in [0.4, 0.5) is 5.69 Å². The minimum atomic E-state index is -0.105. The van der Waals surface area contributed by atoms with Gasteiger partial charge in [-0.2, -0.15) is 0 Å². The summed E-state index contributed by atoms with van der Waals surface area (Å²) in [6.07, 6.45) is 2.42. The van der Waals surface area contributed by atoms with Crippen LogP contribution in [0.25, 0.3) is 0 Å². The molecule has 0 radical (unpaired) electrons. The Morgan fingerprint density at radius 2 is 1.80 bits per heavy atom. The summed E-state index contributed by atoms with van der Waals surface area (Å²) in [5, 5.41) is 2.86. The fraction of sp³-hybridized carbons (Fsp3) is 0.300. The van der Waals surface area contributed by atoms with E-state index in [1.165, 1.54) is 0 Å². The number of hydrogen-bond acceptors (Lipinski definition) is 3. The van der Waals surface area contributed by atoms with E-state index in [0.29, 0.717) is 11.3 Å². The molecule has 0 spiro atoms. The van der Waals surface area contributed by atoms with E-state index in [2.05, 4.69) is 5.32 Å². The van der Waals surface area contributed by atoms with E-state index in [1.807, 2.05) is 29.2 Å². The Hall–Kier alpha value is -2.82. The molecule has 1 heterocycles. The Morgan fingerprint density at radius 1 is 1.08 bits per heavy atom. The Kier molecular flexibility index (Phi) is 5.33. The van der Waals surface area contributed by atoms with Crippen molar-refractivity contribution in [1.82, 2.24) is 4.90 Å². The van der Waals surface area contributed by atoms with Crippen LogP contribution in [0.1, 0.15) is 28.8 Å². The second-order valence-corrected chi connectivity index (χ2v) is 6.15. The van der Waals surface area contributed by atoms with Crippen molar-refractivity contribution >= 4 is 17.5 Å². The summed E-state index contributed by atoms with van der Waals surface area (Å²) in [7, 11) is 1.60. The zero-order chi connectivity index (χ0) is 17.6. The van der Waals surface area contributed by atoms with E-state index in [0.717, 1.165) is 37.2 Å². The molecular weight excluding hydrogens is 316 g/mol. The van der Waals surface area contributed by atoms with Gasteiger partial charge in [0.15, 0.2) is 0 Å². The van der Waals surface area contributed by atoms with Gasteiger partial charge in [-0.3, -0.25) is 9.59 Å². The first-order chi connectivity index (χ1) is 12.2. The highest BCUT2D eigenvalue weighted by atomic mass is 16.5. The zero-order valence-electron chi connectivity index (χ0n) is 14.3. The normalized spacial score (nSPS) is 13.6. The number of rotatable bonds is 5. The molecule has 0 saturated carbocycles. The summed E-state index contributed by atoms with van der Waals surface area (Å²) in [5.41, 5.74) is 2.23. The van der Waals surface area contributed by atoms with Crippen LogP contribution in [0.2, 0.25) is 0 Å². The van der Waals surface area contributed by atoms with Gasteiger partial charge in [0.2, 0.25) is 5.91 Å². The highest BCUT2D eigenvalue weighted by molar-refractivity contribution is 5.96. The molecule has 25 heavy (non-hydrogen) atoms. The van der Waals surface area contributed by atoms with Crippen molar-refractivity contribution in [1.29, 1.82) is 0 Å². The third kappa shape index (κ3) is 4.38. The monoisotopic (exact) mass is 338 g/mol. The number of anilines is 1. The number of nitrogens with one attached hydrogen (secondary N) is 1. The van der Waals surface area contributed by atoms with E-state index in [4.69, 9.17) is 4.74 Å². The molecule has 5 nitrogen and oxygen atoms in total. The van der Waals surface area contributed by atoms with Gasteiger partial charge in [-0.15, -0.1) is 0 Å². The summed E-state index contributed by atoms with van der Waals surface area (Å²) in [6.45, 7) is 1.66. The third-order valence-corrected chi connectivity index (χ3v) is 4.31. The first kappa shape index (κ1) is 17.0. The number of amides is 2. The largest absolute Gasteiger partial charge is 0.497 e. The summed E-state index contributed by atoms with van der Waals surface area (Å²) < 4.78 is 5.16. The van der Waals surface area contributed by atoms with Crippen molar-refractivity contribution in [3.05, 3.63) is 59.7 Å². The van der Waals surface area contributed by atoms with Crippen LogP contribution in [0.3, 0.4) is 0 Å². The quantitative estimate of drug-likeness (QED) is 0.911. The number of methoxy groups -OCH3 is 1. The molecule has 0 bridgehead atoms. The first-order valence-electron chi connectivity index (χ1n) is 8.48. The maximum absolute atomic E-state index is 12.3. The molecule has 3 rings (SSSR count). The Balaban J connectivity index is 1.58. The van der Waals surface area contributed by atoms with Gasteiger partial charge in [-0.1, -0.05) is 12.1 Å². The number of hydrogen-bond donors (Lipinski definition) is 1. The van der Waals surface area contributed by atoms with Crippen LogP contribution in [-0.2, 0) is 11.2 Å². The Morgan fingerprint density at radius 3 is 2.48 bits per heavy atom. The van der Waals surface area contributed by atoms with E-state index in [-0.39, 0.29) is 18.2 Å². The lowest BCUT2D eigenvalue weighted by Crippen LogP contribution is -2.27. The minimum Gasteiger partial charge on any atom is -0.497 e. The molecule has 0 atom stereocenters. The van der Waals surface area contributed by atoms with Crippen molar-refractivity contribution in [3.63, 3.8) is 0 Å². The fourth-order valence-electron chi connectivity index (χ4n) is 2.97. The lowest BCUT2D eigenvalue weighted by Gasteiger charge is -2.15. The Labute approximate surface area is 147 Å². The zero-order valence-corrected chi connectivity index (χ0v) is 14.3. The van der Waals surface area contributed by atoms with Crippen LogP contribution >= 0.6 is 0 Å². The molecule has 1 saturated heterocycles. The molecule has 0 aliphatic carbocycles. The molecule has 1 aliphatic heterocycles. The number of carbonyl (C=O) groups is 2. The number of benzene rings is 2. The van der Waals surface area contributed by atoms with Crippen LogP contribution < -0.4 is 10.1 Å². The number of nitrogens with zero attached hydrogens (tertiary/aromatic N) is 1. The topological polar surface area (TPSA) is 58.6 Å². The van der Waals surface area contributed by atoms with Gasteiger partial charge in [0.05, 0.1) is 13.5 Å². The van der Waals surface area contributed by atoms with Gasteiger partial charge in [-0.25, -0.2) is 0 Å². The standard InChI is InChI=1S/C20H22N2O3/c1-25-18-6-4-5-15(13-18)14-19(23)21-17-9-7-16(8-10-17)20(24)22-11-2-3-12-22/h4-10,13H,2-3,11-12,14H2,1H3,(H,21,23). The Bertz CT molecular complexity index is 750. The maximum atomic E-state index is 12.3. The number of carbonyl (C=O) groups excluding carboxylic acids is 2. The second-order valence-electron chi connectivity index (χ2n) is 6.15. The highest BCUT2D eigenvalue weighted by Gasteiger charge is 2.19. The van der Waals surface area contributed by atoms with Gasteiger partial charge < -0.3 is 15.0 Å². The molecule has 1 aliphatic rings. The summed E-state index contributed by atoms with van der Waals surface area (Å²) in [6, 6.07) is 14.5. The van der Waals surface area contributed by atoms with Crippen LogP contribution in [0, 0.1) is 0 Å². The van der Waals surface area contributed by atoms with Crippen LogP contribution in [0.5, 0.6) is 5.75 Å². The lowest BCUT2D eigenvalue weighted by molar-refractivity contribution is -0.115. The van der Waals surface area contributed by atoms with Crippen molar-refractivity contribution in [2.75, 3.05) is 25.5 Å². The average Bonchev–Trinajstić information content (AvgIpc) is 3.16. The average molecular weight is 338 g/mol. The van der Waals surface area contributed by atoms with E-state index in [1.54, 1.807) is 31.4 Å². The number of likely N-dealkylation sites (tertiary alicyclic amines) is 1. The van der Waals surface area contributed by atoms with Crippen molar-refractivity contribution in [3.8, 4) is 5.75 Å². The predicted molar refractivity (Wildman–Crippen MR) is 96.9 cm³/mol. The van der Waals surface area contributed by atoms with Gasteiger partial charge in [0.25, 0.3) is 5.91 Å². The molecule has 5 heteroatoms. The van der Waals surface area contributed by atoms with Gasteiger partial charge in [-0.05, 0) is 54.8 Å². The van der Waals surface area contributed by atoms with Crippen LogP contribution in [0.15, 0.2) is 48.5 Å². The molecule has 0 aromatic heterocycles. The summed E-state index contributed by atoms with van der Waals surface area (Å²) >= 11 is 0. The second kappa shape index (κ2) is 7.83. The molecule has 130 valence electrons. The SMILES string of the molecule is COc1cccc(CC(=O)Nc2ccc(C(=O)N3CCCC3)cc2)c1. The molecule has 1 N–H and O–H groups in total. The molecule has 1 fully saturated rings. The highest BCUT2D eigenvalue weighted by Crippen LogP contribution is 2.17. The third-order valence-electron chi connectivity index (χ3n) is 4.31. The van der Waals surface area contributed by atoms with Crippen LogP contribution in [-0.4, -0.2) is 36.9 Å². The van der Waals surface area contributed by atoms with E-state index in [9.17, 15) is 9.59 Å². The molecular formula is C20H22N2O3. The van der Waals surface area contributed by atoms with Gasteiger partial charge in [0.1, 0.15) is 5.75 Å². The van der Waals surface area contributed by atoms with E-state index >= 15 is 0 Å². The predicted octanol–water partition coefficient (Wildman–Crippen LogP) is 3.11. The van der Waals surface area contributed by atoms with E-state index < -0.39 is 0 Å². The van der Waals surface area contributed by atoms with Crippen molar-refractivity contribution < 1.29 is 14.3 Å². The molecule has 2 aromatic carbocycles. The molecule has 2 aromatic rings. The smallest absolute Gasteiger partial charge is 0.253 e. The van der Waals surface area contributed by atoms with Gasteiger partial charge in [0, 0.05) is 24.3 Å². The number of ether oxygens (including phenoxy) is 1. The maximum Gasteiger partial charge on any atom is 0.253 e. The molecule has 2 amide bonds. The summed E-state index contributed by atoms with van der Waals surface area (Å²) in [5.74, 6) is 0.689. The van der Waals surface area contributed by atoms with Gasteiger partial charge >= 0.3 is 0 Å².